The smallest absolute Gasteiger partial charge is 0.343 e. The molecule has 0 unspecified atom stereocenters. The van der Waals surface area contributed by atoms with Gasteiger partial charge in [-0.05, 0) is 56.3 Å². The lowest BCUT2D eigenvalue weighted by Crippen LogP contribution is -2.11. The van der Waals surface area contributed by atoms with Gasteiger partial charge in [-0.2, -0.15) is 0 Å². The molecule has 8 nitrogen and oxygen atoms in total. The molecule has 0 fully saturated rings. The molecule has 0 atom stereocenters. The van der Waals surface area contributed by atoms with Crippen LogP contribution in [-0.2, 0) is 9.47 Å². The number of halogens is 1. The van der Waals surface area contributed by atoms with Crippen molar-refractivity contribution in [2.75, 3.05) is 18.5 Å². The van der Waals surface area contributed by atoms with Gasteiger partial charge in [0.05, 0.1) is 29.0 Å². The summed E-state index contributed by atoms with van der Waals surface area (Å²) in [4.78, 5) is 37.9. The highest BCUT2D eigenvalue weighted by atomic mass is 35.5. The molecule has 2 heterocycles. The summed E-state index contributed by atoms with van der Waals surface area (Å²) in [6, 6.07) is 12.2. The predicted octanol–water partition coefficient (Wildman–Crippen LogP) is 5.50. The molecule has 2 aromatic heterocycles. The maximum absolute atomic E-state index is 12.5. The van der Waals surface area contributed by atoms with E-state index < -0.39 is 11.9 Å². The molecule has 10 heteroatoms. The lowest BCUT2D eigenvalue weighted by atomic mass is 10.2. The van der Waals surface area contributed by atoms with Crippen molar-refractivity contribution in [1.82, 2.24) is 15.0 Å². The number of esters is 2. The molecular formula is C23H19ClN4O4S. The number of benzene rings is 2. The summed E-state index contributed by atoms with van der Waals surface area (Å²) >= 11 is 7.30. The van der Waals surface area contributed by atoms with Gasteiger partial charge in [0.25, 0.3) is 0 Å². The van der Waals surface area contributed by atoms with Gasteiger partial charge in [0, 0.05) is 16.8 Å². The van der Waals surface area contributed by atoms with Crippen LogP contribution in [-0.4, -0.2) is 40.1 Å². The van der Waals surface area contributed by atoms with Crippen molar-refractivity contribution >= 4 is 56.0 Å². The average Bonchev–Trinajstić information content (AvgIpc) is 3.21. The van der Waals surface area contributed by atoms with Crippen LogP contribution < -0.4 is 5.32 Å². The fraction of sp³-hybridized carbons (Fsp3) is 0.174. The minimum Gasteiger partial charge on any atom is -0.462 e. The van der Waals surface area contributed by atoms with Crippen LogP contribution in [0.4, 0.5) is 10.9 Å². The van der Waals surface area contributed by atoms with E-state index in [1.807, 2.05) is 0 Å². The molecule has 0 saturated carbocycles. The Bertz CT molecular complexity index is 1320. The molecule has 0 aliphatic rings. The zero-order chi connectivity index (χ0) is 23.4. The van der Waals surface area contributed by atoms with Crippen LogP contribution in [0.1, 0.15) is 34.6 Å². The molecule has 0 radical (unpaired) electrons. The number of hydrogen-bond acceptors (Lipinski definition) is 9. The fourth-order valence-electron chi connectivity index (χ4n) is 2.99. The quantitative estimate of drug-likeness (QED) is 0.344. The van der Waals surface area contributed by atoms with Gasteiger partial charge in [0.1, 0.15) is 5.56 Å². The van der Waals surface area contributed by atoms with Crippen molar-refractivity contribution in [3.05, 3.63) is 64.8 Å². The third-order valence-corrected chi connectivity index (χ3v) is 5.70. The largest absolute Gasteiger partial charge is 0.462 e. The molecule has 0 saturated heterocycles. The Labute approximate surface area is 198 Å². The van der Waals surface area contributed by atoms with E-state index in [4.69, 9.17) is 21.1 Å². The third-order valence-electron chi connectivity index (χ3n) is 4.51. The summed E-state index contributed by atoms with van der Waals surface area (Å²) in [5.41, 5.74) is 2.06. The average molecular weight is 483 g/mol. The molecule has 0 aliphatic heterocycles. The van der Waals surface area contributed by atoms with Crippen LogP contribution >= 0.6 is 22.9 Å². The maximum atomic E-state index is 12.5. The minimum atomic E-state index is -0.548. The van der Waals surface area contributed by atoms with E-state index in [1.165, 1.54) is 17.5 Å². The van der Waals surface area contributed by atoms with E-state index in [0.29, 0.717) is 33.7 Å². The highest BCUT2D eigenvalue weighted by Gasteiger charge is 2.19. The molecule has 0 spiro atoms. The number of carbonyl (C=O) groups excluding carboxylic acids is 2. The highest BCUT2D eigenvalue weighted by Crippen LogP contribution is 2.31. The number of thiazole rings is 1. The summed E-state index contributed by atoms with van der Waals surface area (Å²) < 4.78 is 11.0. The molecular weight excluding hydrogens is 464 g/mol. The van der Waals surface area contributed by atoms with Gasteiger partial charge in [-0.1, -0.05) is 22.9 Å². The first-order chi connectivity index (χ1) is 16.0. The first-order valence-corrected chi connectivity index (χ1v) is 11.3. The van der Waals surface area contributed by atoms with Crippen molar-refractivity contribution in [2.24, 2.45) is 0 Å². The number of ether oxygens (including phenoxy) is 2. The van der Waals surface area contributed by atoms with Crippen LogP contribution in [0.3, 0.4) is 0 Å². The molecule has 2 aromatic carbocycles. The summed E-state index contributed by atoms with van der Waals surface area (Å²) in [5.74, 6) is -0.269. The molecule has 168 valence electrons. The number of anilines is 2. The Morgan fingerprint density at radius 3 is 2.45 bits per heavy atom. The van der Waals surface area contributed by atoms with E-state index in [-0.39, 0.29) is 18.0 Å². The monoisotopic (exact) mass is 482 g/mol. The van der Waals surface area contributed by atoms with Gasteiger partial charge < -0.3 is 14.8 Å². The Morgan fingerprint density at radius 1 is 1.00 bits per heavy atom. The Hall–Kier alpha value is -3.56. The number of nitrogens with zero attached hydrogens (tertiary/aromatic N) is 3. The maximum Gasteiger partial charge on any atom is 0.343 e. The van der Waals surface area contributed by atoms with Crippen LogP contribution in [0.2, 0.25) is 5.02 Å². The van der Waals surface area contributed by atoms with E-state index in [2.05, 4.69) is 20.3 Å². The lowest BCUT2D eigenvalue weighted by Gasteiger charge is -2.10. The number of rotatable bonds is 7. The van der Waals surface area contributed by atoms with Crippen molar-refractivity contribution < 1.29 is 19.1 Å². The topological polar surface area (TPSA) is 103 Å². The SMILES string of the molecule is CCOC(=O)c1ccc2nc(Nc3nc(-c4ccc(Cl)cc4)ncc3C(=O)OCC)sc2c1. The number of hydrogen-bond donors (Lipinski definition) is 1. The highest BCUT2D eigenvalue weighted by molar-refractivity contribution is 7.22. The van der Waals surface area contributed by atoms with Crippen LogP contribution in [0.25, 0.3) is 21.6 Å². The van der Waals surface area contributed by atoms with Gasteiger partial charge >= 0.3 is 11.9 Å². The molecule has 4 aromatic rings. The number of aromatic nitrogens is 3. The van der Waals surface area contributed by atoms with Crippen LogP contribution in [0.15, 0.2) is 48.7 Å². The van der Waals surface area contributed by atoms with Crippen molar-refractivity contribution in [3.8, 4) is 11.4 Å². The summed E-state index contributed by atoms with van der Waals surface area (Å²) in [7, 11) is 0. The van der Waals surface area contributed by atoms with Crippen LogP contribution in [0, 0.1) is 0 Å². The van der Waals surface area contributed by atoms with Gasteiger partial charge in [0.2, 0.25) is 0 Å². The summed E-state index contributed by atoms with van der Waals surface area (Å²) in [5, 5.41) is 4.20. The number of carbonyl (C=O) groups is 2. The summed E-state index contributed by atoms with van der Waals surface area (Å²) in [6.07, 6.45) is 1.42. The zero-order valence-electron chi connectivity index (χ0n) is 17.8. The molecule has 4 rings (SSSR count). The second kappa shape index (κ2) is 9.93. The molecule has 0 aliphatic carbocycles. The van der Waals surface area contributed by atoms with E-state index in [0.717, 1.165) is 10.3 Å². The molecule has 0 amide bonds. The van der Waals surface area contributed by atoms with E-state index >= 15 is 0 Å². The lowest BCUT2D eigenvalue weighted by molar-refractivity contribution is 0.0517. The summed E-state index contributed by atoms with van der Waals surface area (Å²) in [6.45, 7) is 4.00. The van der Waals surface area contributed by atoms with Crippen molar-refractivity contribution in [1.29, 1.82) is 0 Å². The fourth-order valence-corrected chi connectivity index (χ4v) is 4.02. The second-order valence-corrected chi connectivity index (χ2v) is 8.20. The first kappa shape index (κ1) is 22.6. The zero-order valence-corrected chi connectivity index (χ0v) is 19.4. The Morgan fingerprint density at radius 2 is 1.73 bits per heavy atom. The van der Waals surface area contributed by atoms with Gasteiger partial charge in [-0.15, -0.1) is 0 Å². The van der Waals surface area contributed by atoms with Gasteiger partial charge in [0.15, 0.2) is 16.8 Å². The molecule has 1 N–H and O–H groups in total. The van der Waals surface area contributed by atoms with Crippen molar-refractivity contribution in [2.45, 2.75) is 13.8 Å². The third kappa shape index (κ3) is 5.10. The number of fused-ring (bicyclic) bond motifs is 1. The molecule has 0 bridgehead atoms. The van der Waals surface area contributed by atoms with Gasteiger partial charge in [-0.25, -0.2) is 24.5 Å². The predicted molar refractivity (Wildman–Crippen MR) is 127 cm³/mol. The second-order valence-electron chi connectivity index (χ2n) is 6.73. The molecule has 33 heavy (non-hydrogen) atoms. The first-order valence-electron chi connectivity index (χ1n) is 10.1. The standard InChI is InChI=1S/C23H19ClN4O4S/c1-3-31-21(29)14-7-10-17-18(11-14)33-23(26-17)28-20-16(22(30)32-4-2)12-25-19(27-20)13-5-8-15(24)9-6-13/h5-12H,3-4H2,1-2H3,(H,25,26,27,28). The minimum absolute atomic E-state index is 0.182. The van der Waals surface area contributed by atoms with Crippen molar-refractivity contribution in [3.63, 3.8) is 0 Å². The van der Waals surface area contributed by atoms with Gasteiger partial charge in [-0.3, -0.25) is 0 Å². The van der Waals surface area contributed by atoms with E-state index in [1.54, 1.807) is 56.3 Å². The van der Waals surface area contributed by atoms with Crippen LogP contribution in [0.5, 0.6) is 0 Å². The normalized spacial score (nSPS) is 10.8. The Kier molecular flexibility index (Phi) is 6.81. The van der Waals surface area contributed by atoms with E-state index in [9.17, 15) is 9.59 Å². The Balaban J connectivity index is 1.70. The number of nitrogens with one attached hydrogen (secondary N) is 1.